The number of benzene rings is 1. The highest BCUT2D eigenvalue weighted by Crippen LogP contribution is 2.31. The van der Waals surface area contributed by atoms with Crippen LogP contribution in [0.25, 0.3) is 0 Å². The average molecular weight is 254 g/mol. The Kier molecular flexibility index (Phi) is 4.53. The van der Waals surface area contributed by atoms with Gasteiger partial charge in [-0.15, -0.1) is 0 Å². The molecule has 5 heteroatoms. The first-order valence-electron chi connectivity index (χ1n) is 5.70. The van der Waals surface area contributed by atoms with Crippen LogP contribution in [-0.4, -0.2) is 44.8 Å². The minimum atomic E-state index is 0.821. The van der Waals surface area contributed by atoms with Crippen molar-refractivity contribution >= 4 is 17.6 Å². The molecule has 0 bridgehead atoms. The highest BCUT2D eigenvalue weighted by atomic mass is 32.2. The molecular weight excluding hydrogens is 236 g/mol. The van der Waals surface area contributed by atoms with Gasteiger partial charge >= 0.3 is 0 Å². The predicted molar refractivity (Wildman–Crippen MR) is 70.8 cm³/mol. The van der Waals surface area contributed by atoms with Crippen molar-refractivity contribution in [1.29, 1.82) is 0 Å². The molecule has 1 heterocycles. The summed E-state index contributed by atoms with van der Waals surface area (Å²) in [6, 6.07) is 6.19. The van der Waals surface area contributed by atoms with E-state index in [-0.39, 0.29) is 0 Å². The van der Waals surface area contributed by atoms with Gasteiger partial charge < -0.3 is 14.8 Å². The van der Waals surface area contributed by atoms with Gasteiger partial charge in [-0.2, -0.15) is 0 Å². The molecule has 0 aromatic heterocycles. The highest BCUT2D eigenvalue weighted by molar-refractivity contribution is 7.97. The number of hydrogen-bond acceptors (Lipinski definition) is 5. The molecule has 1 aliphatic rings. The molecule has 94 valence electrons. The average Bonchev–Trinajstić information content (AvgIpc) is 2.40. The van der Waals surface area contributed by atoms with E-state index in [0.717, 1.165) is 37.7 Å². The molecule has 0 atom stereocenters. The van der Waals surface area contributed by atoms with E-state index < -0.39 is 0 Å². The van der Waals surface area contributed by atoms with E-state index in [9.17, 15) is 0 Å². The van der Waals surface area contributed by atoms with Gasteiger partial charge in [0.05, 0.1) is 26.0 Å². The summed E-state index contributed by atoms with van der Waals surface area (Å²) in [7, 11) is 3.59. The Morgan fingerprint density at radius 2 is 2.12 bits per heavy atom. The number of nitrogens with zero attached hydrogens (tertiary/aromatic N) is 1. The van der Waals surface area contributed by atoms with Crippen molar-refractivity contribution in [3.8, 4) is 5.75 Å². The van der Waals surface area contributed by atoms with Crippen molar-refractivity contribution in [3.63, 3.8) is 0 Å². The Hall–Kier alpha value is -0.910. The Bertz CT molecular complexity index is 368. The molecule has 1 aromatic carbocycles. The van der Waals surface area contributed by atoms with Crippen LogP contribution in [0.1, 0.15) is 0 Å². The van der Waals surface area contributed by atoms with Gasteiger partial charge in [0.15, 0.2) is 0 Å². The van der Waals surface area contributed by atoms with Crippen molar-refractivity contribution in [2.24, 2.45) is 0 Å². The first kappa shape index (κ1) is 12.5. The number of rotatable bonds is 4. The van der Waals surface area contributed by atoms with E-state index in [2.05, 4.69) is 21.8 Å². The molecule has 0 saturated carbocycles. The van der Waals surface area contributed by atoms with Gasteiger partial charge in [0.1, 0.15) is 5.75 Å². The maximum absolute atomic E-state index is 5.33. The van der Waals surface area contributed by atoms with Crippen LogP contribution in [0.3, 0.4) is 0 Å². The van der Waals surface area contributed by atoms with Crippen LogP contribution < -0.4 is 10.1 Å². The second-order valence-electron chi connectivity index (χ2n) is 3.74. The monoisotopic (exact) mass is 254 g/mol. The lowest BCUT2D eigenvalue weighted by atomic mass is 10.3. The van der Waals surface area contributed by atoms with Gasteiger partial charge in [-0.25, -0.2) is 4.31 Å². The number of methoxy groups -OCH3 is 1. The quantitative estimate of drug-likeness (QED) is 0.832. The number of anilines is 1. The summed E-state index contributed by atoms with van der Waals surface area (Å²) in [5.74, 6) is 0.874. The minimum Gasteiger partial charge on any atom is -0.495 e. The Morgan fingerprint density at radius 1 is 1.35 bits per heavy atom. The summed E-state index contributed by atoms with van der Waals surface area (Å²) in [6.45, 7) is 3.60. The fourth-order valence-corrected chi connectivity index (χ4v) is 2.66. The third-order valence-corrected chi connectivity index (χ3v) is 3.73. The predicted octanol–water partition coefficient (Wildman–Crippen LogP) is 2.08. The van der Waals surface area contributed by atoms with Gasteiger partial charge in [-0.1, -0.05) is 0 Å². The van der Waals surface area contributed by atoms with E-state index in [4.69, 9.17) is 9.47 Å². The number of hydrogen-bond donors (Lipinski definition) is 1. The zero-order chi connectivity index (χ0) is 12.1. The summed E-state index contributed by atoms with van der Waals surface area (Å²) >= 11 is 1.77. The molecular formula is C12H18N2O2S. The number of nitrogens with one attached hydrogen (secondary N) is 1. The zero-order valence-electron chi connectivity index (χ0n) is 10.2. The lowest BCUT2D eigenvalue weighted by Gasteiger charge is -2.25. The first-order valence-corrected chi connectivity index (χ1v) is 6.47. The topological polar surface area (TPSA) is 33.7 Å². The van der Waals surface area contributed by atoms with Crippen molar-refractivity contribution in [2.75, 3.05) is 45.8 Å². The van der Waals surface area contributed by atoms with Crippen molar-refractivity contribution in [1.82, 2.24) is 4.31 Å². The van der Waals surface area contributed by atoms with E-state index >= 15 is 0 Å². The van der Waals surface area contributed by atoms with Crippen molar-refractivity contribution in [3.05, 3.63) is 18.2 Å². The molecule has 0 amide bonds. The lowest BCUT2D eigenvalue weighted by molar-refractivity contribution is 0.0773. The number of morpholine rings is 1. The van der Waals surface area contributed by atoms with Gasteiger partial charge in [0.25, 0.3) is 0 Å². The molecule has 1 aliphatic heterocycles. The fourth-order valence-electron chi connectivity index (χ4n) is 1.73. The molecule has 1 fully saturated rings. The number of ether oxygens (including phenoxy) is 2. The summed E-state index contributed by atoms with van der Waals surface area (Å²) in [4.78, 5) is 1.22. The molecule has 2 rings (SSSR count). The second-order valence-corrected chi connectivity index (χ2v) is 4.92. The highest BCUT2D eigenvalue weighted by Gasteiger charge is 2.12. The maximum Gasteiger partial charge on any atom is 0.142 e. The maximum atomic E-state index is 5.33. The molecule has 17 heavy (non-hydrogen) atoms. The van der Waals surface area contributed by atoms with Crippen molar-refractivity contribution < 1.29 is 9.47 Å². The molecule has 0 spiro atoms. The van der Waals surface area contributed by atoms with Crippen LogP contribution in [-0.2, 0) is 4.74 Å². The van der Waals surface area contributed by atoms with Crippen LogP contribution in [0, 0.1) is 0 Å². The van der Waals surface area contributed by atoms with E-state index in [1.165, 1.54) is 4.90 Å². The summed E-state index contributed by atoms with van der Waals surface area (Å²) in [6.07, 6.45) is 0. The summed E-state index contributed by atoms with van der Waals surface area (Å²) in [5, 5.41) is 3.14. The van der Waals surface area contributed by atoms with Crippen LogP contribution in [0.5, 0.6) is 5.75 Å². The molecule has 1 N–H and O–H groups in total. The molecule has 0 unspecified atom stereocenters. The molecule has 1 aromatic rings. The molecule has 4 nitrogen and oxygen atoms in total. The lowest BCUT2D eigenvalue weighted by Crippen LogP contribution is -2.30. The van der Waals surface area contributed by atoms with Crippen LogP contribution >= 0.6 is 11.9 Å². The normalized spacial score (nSPS) is 16.8. The zero-order valence-corrected chi connectivity index (χ0v) is 11.0. The smallest absolute Gasteiger partial charge is 0.142 e. The third-order valence-electron chi connectivity index (χ3n) is 2.64. The van der Waals surface area contributed by atoms with Crippen LogP contribution in [0.2, 0.25) is 0 Å². The Balaban J connectivity index is 2.05. The van der Waals surface area contributed by atoms with Gasteiger partial charge in [-0.05, 0) is 30.1 Å². The van der Waals surface area contributed by atoms with Gasteiger partial charge in [0, 0.05) is 25.0 Å². The Labute approximate surface area is 106 Å². The second kappa shape index (κ2) is 6.14. The largest absolute Gasteiger partial charge is 0.495 e. The third kappa shape index (κ3) is 3.28. The van der Waals surface area contributed by atoms with E-state index in [0.29, 0.717) is 0 Å². The minimum absolute atomic E-state index is 0.821. The van der Waals surface area contributed by atoms with E-state index in [1.807, 2.05) is 13.1 Å². The summed E-state index contributed by atoms with van der Waals surface area (Å²) < 4.78 is 12.9. The fraction of sp³-hybridized carbons (Fsp3) is 0.500. The SMILES string of the molecule is CNc1cc(SN2CCOCC2)ccc1OC. The summed E-state index contributed by atoms with van der Waals surface area (Å²) in [5.41, 5.74) is 1.02. The van der Waals surface area contributed by atoms with Gasteiger partial charge in [-0.3, -0.25) is 0 Å². The van der Waals surface area contributed by atoms with Crippen LogP contribution in [0.15, 0.2) is 23.1 Å². The van der Waals surface area contributed by atoms with Crippen LogP contribution in [0.4, 0.5) is 5.69 Å². The Morgan fingerprint density at radius 3 is 2.76 bits per heavy atom. The van der Waals surface area contributed by atoms with E-state index in [1.54, 1.807) is 19.1 Å². The molecule has 0 radical (unpaired) electrons. The van der Waals surface area contributed by atoms with Gasteiger partial charge in [0.2, 0.25) is 0 Å². The molecule has 1 saturated heterocycles. The molecule has 0 aliphatic carbocycles. The first-order chi connectivity index (χ1) is 8.33. The van der Waals surface area contributed by atoms with Crippen molar-refractivity contribution in [2.45, 2.75) is 4.90 Å². The standard InChI is InChI=1S/C12H18N2O2S/c1-13-11-9-10(3-4-12(11)15-2)17-14-5-7-16-8-6-14/h3-4,9,13H,5-8H2,1-2H3.